The third-order valence-electron chi connectivity index (χ3n) is 4.93. The van der Waals surface area contributed by atoms with Gasteiger partial charge in [0.1, 0.15) is 5.54 Å². The second-order valence-corrected chi connectivity index (χ2v) is 8.40. The van der Waals surface area contributed by atoms with Gasteiger partial charge in [-0.1, -0.05) is 51.3 Å². The average Bonchev–Trinajstić information content (AvgIpc) is 3.03. The Labute approximate surface area is 174 Å². The van der Waals surface area contributed by atoms with E-state index in [1.807, 2.05) is 24.3 Å². The second-order valence-electron chi connectivity index (χ2n) is 6.61. The highest BCUT2D eigenvalue weighted by Gasteiger charge is 2.63. The molecule has 1 atom stereocenters. The van der Waals surface area contributed by atoms with Crippen LogP contribution in [0.25, 0.3) is 0 Å². The molecule has 0 spiro atoms. The molecule has 0 N–H and O–H groups in total. The highest BCUT2D eigenvalue weighted by Crippen LogP contribution is 2.43. The van der Waals surface area contributed by atoms with Crippen LogP contribution in [0.15, 0.2) is 46.9 Å². The molecule has 0 saturated carbocycles. The molecule has 4 rings (SSSR count). The lowest BCUT2D eigenvalue weighted by atomic mass is 9.88. The van der Waals surface area contributed by atoms with E-state index in [1.165, 1.54) is 18.2 Å². The molecular formula is C19H13BrCl2N2O3. The van der Waals surface area contributed by atoms with E-state index in [-0.39, 0.29) is 30.9 Å². The van der Waals surface area contributed by atoms with E-state index in [0.29, 0.717) is 10.0 Å². The molecule has 2 saturated heterocycles. The van der Waals surface area contributed by atoms with Gasteiger partial charge in [0.25, 0.3) is 5.91 Å². The zero-order valence-electron chi connectivity index (χ0n) is 13.9. The number of fused-ring (bicyclic) bond motifs is 1. The minimum absolute atomic E-state index is 0.165. The van der Waals surface area contributed by atoms with Gasteiger partial charge in [-0.3, -0.25) is 9.59 Å². The predicted octanol–water partition coefficient (Wildman–Crippen LogP) is 4.83. The SMILES string of the molecule is O=C1CCC2(Cc3ccc(Br)cc3)C(=O)N(c3cc(Cl)cc(Cl)c3)C(=O)N12. The summed E-state index contributed by atoms with van der Waals surface area (Å²) in [7, 11) is 0. The zero-order chi connectivity index (χ0) is 19.3. The summed E-state index contributed by atoms with van der Waals surface area (Å²) >= 11 is 15.4. The van der Waals surface area contributed by atoms with Crippen molar-refractivity contribution in [2.24, 2.45) is 0 Å². The number of carbonyl (C=O) groups is 3. The van der Waals surface area contributed by atoms with Gasteiger partial charge in [0.05, 0.1) is 5.69 Å². The fraction of sp³-hybridized carbons (Fsp3) is 0.211. The molecule has 0 aliphatic carbocycles. The van der Waals surface area contributed by atoms with Crippen molar-refractivity contribution in [3.63, 3.8) is 0 Å². The van der Waals surface area contributed by atoms with E-state index in [9.17, 15) is 14.4 Å². The van der Waals surface area contributed by atoms with Crippen LogP contribution in [0.3, 0.4) is 0 Å². The lowest BCUT2D eigenvalue weighted by Gasteiger charge is -2.26. The number of benzene rings is 2. The highest BCUT2D eigenvalue weighted by molar-refractivity contribution is 9.10. The van der Waals surface area contributed by atoms with Crippen LogP contribution in [0.1, 0.15) is 18.4 Å². The Morgan fingerprint density at radius 1 is 1.00 bits per heavy atom. The predicted molar refractivity (Wildman–Crippen MR) is 106 cm³/mol. The van der Waals surface area contributed by atoms with Gasteiger partial charge in [-0.05, 0) is 42.3 Å². The Morgan fingerprint density at radius 3 is 2.26 bits per heavy atom. The number of urea groups is 1. The Bertz CT molecular complexity index is 959. The van der Waals surface area contributed by atoms with E-state index in [1.54, 1.807) is 0 Å². The lowest BCUT2D eigenvalue weighted by Crippen LogP contribution is -2.48. The third kappa shape index (κ3) is 2.96. The van der Waals surface area contributed by atoms with Gasteiger partial charge in [-0.15, -0.1) is 0 Å². The normalized spacial score (nSPS) is 22.0. The molecule has 4 amide bonds. The standard InChI is InChI=1S/C19H13BrCl2N2O3/c20-12-3-1-11(2-4-12)10-19-6-5-16(25)24(19)18(27)23(17(19)26)15-8-13(21)7-14(22)9-15/h1-4,7-9H,5-6,10H2. The van der Waals surface area contributed by atoms with Crippen LogP contribution >= 0.6 is 39.1 Å². The number of halogens is 3. The van der Waals surface area contributed by atoms with Gasteiger partial charge >= 0.3 is 6.03 Å². The summed E-state index contributed by atoms with van der Waals surface area (Å²) in [6.45, 7) is 0. The van der Waals surface area contributed by atoms with E-state index in [2.05, 4.69) is 15.9 Å². The number of amides is 4. The summed E-state index contributed by atoms with van der Waals surface area (Å²) in [6.07, 6.45) is 0.719. The smallest absolute Gasteiger partial charge is 0.274 e. The summed E-state index contributed by atoms with van der Waals surface area (Å²) in [5.74, 6) is -0.777. The van der Waals surface area contributed by atoms with Crippen molar-refractivity contribution in [3.8, 4) is 0 Å². The number of nitrogens with zero attached hydrogens (tertiary/aromatic N) is 2. The minimum atomic E-state index is -1.21. The van der Waals surface area contributed by atoms with Crippen molar-refractivity contribution in [1.29, 1.82) is 0 Å². The number of imide groups is 2. The number of hydrogen-bond acceptors (Lipinski definition) is 3. The Kier molecular flexibility index (Phi) is 4.53. The van der Waals surface area contributed by atoms with Crippen LogP contribution in [0.4, 0.5) is 10.5 Å². The number of hydrogen-bond donors (Lipinski definition) is 0. The maximum Gasteiger partial charge on any atom is 0.339 e. The van der Waals surface area contributed by atoms with Crippen molar-refractivity contribution in [2.75, 3.05) is 4.90 Å². The maximum atomic E-state index is 13.4. The molecule has 0 aromatic heterocycles. The molecule has 2 aromatic rings. The fourth-order valence-electron chi connectivity index (χ4n) is 3.74. The molecule has 2 heterocycles. The van der Waals surface area contributed by atoms with Crippen molar-refractivity contribution in [1.82, 2.24) is 4.90 Å². The van der Waals surface area contributed by atoms with Crippen LogP contribution in [0.5, 0.6) is 0 Å². The molecular weight excluding hydrogens is 455 g/mol. The summed E-state index contributed by atoms with van der Waals surface area (Å²) in [4.78, 5) is 40.9. The first-order valence-corrected chi connectivity index (χ1v) is 9.79. The quantitative estimate of drug-likeness (QED) is 0.607. The molecule has 2 aliphatic rings. The Morgan fingerprint density at radius 2 is 1.63 bits per heavy atom. The van der Waals surface area contributed by atoms with Gasteiger partial charge in [0.15, 0.2) is 0 Å². The number of carbonyl (C=O) groups excluding carboxylic acids is 3. The molecule has 5 nitrogen and oxygen atoms in total. The van der Waals surface area contributed by atoms with Gasteiger partial charge < -0.3 is 0 Å². The lowest BCUT2D eigenvalue weighted by molar-refractivity contribution is -0.132. The largest absolute Gasteiger partial charge is 0.339 e. The van der Waals surface area contributed by atoms with Crippen LogP contribution in [-0.2, 0) is 16.0 Å². The Hall–Kier alpha value is -1.89. The molecule has 0 radical (unpaired) electrons. The van der Waals surface area contributed by atoms with Gasteiger partial charge in [-0.25, -0.2) is 14.6 Å². The first kappa shape index (κ1) is 18.5. The summed E-state index contributed by atoms with van der Waals surface area (Å²) in [6, 6.07) is 11.3. The van der Waals surface area contributed by atoms with Crippen LogP contribution < -0.4 is 4.90 Å². The maximum absolute atomic E-state index is 13.4. The van der Waals surface area contributed by atoms with Gasteiger partial charge in [0, 0.05) is 27.4 Å². The van der Waals surface area contributed by atoms with E-state index >= 15 is 0 Å². The van der Waals surface area contributed by atoms with Crippen molar-refractivity contribution < 1.29 is 14.4 Å². The van der Waals surface area contributed by atoms with Gasteiger partial charge in [-0.2, -0.15) is 0 Å². The number of rotatable bonds is 3. The van der Waals surface area contributed by atoms with Crippen molar-refractivity contribution >= 4 is 62.7 Å². The summed E-state index contributed by atoms with van der Waals surface area (Å²) < 4.78 is 0.909. The monoisotopic (exact) mass is 466 g/mol. The van der Waals surface area contributed by atoms with E-state index in [0.717, 1.165) is 19.8 Å². The highest BCUT2D eigenvalue weighted by atomic mass is 79.9. The molecule has 1 unspecified atom stereocenters. The van der Waals surface area contributed by atoms with Crippen LogP contribution in [0.2, 0.25) is 10.0 Å². The van der Waals surface area contributed by atoms with Crippen molar-refractivity contribution in [2.45, 2.75) is 24.8 Å². The Balaban J connectivity index is 1.78. The fourth-order valence-corrected chi connectivity index (χ4v) is 4.52. The molecule has 8 heteroatoms. The molecule has 2 aliphatic heterocycles. The topological polar surface area (TPSA) is 57.7 Å². The average molecular weight is 468 g/mol. The second kappa shape index (κ2) is 6.62. The van der Waals surface area contributed by atoms with E-state index < -0.39 is 17.5 Å². The number of anilines is 1. The van der Waals surface area contributed by atoms with Crippen LogP contribution in [-0.4, -0.2) is 28.3 Å². The molecule has 138 valence electrons. The van der Waals surface area contributed by atoms with E-state index in [4.69, 9.17) is 23.2 Å². The first-order chi connectivity index (χ1) is 12.8. The molecule has 2 aromatic carbocycles. The molecule has 2 fully saturated rings. The summed E-state index contributed by atoms with van der Waals surface area (Å²) in [5.41, 5.74) is -0.0820. The first-order valence-electron chi connectivity index (χ1n) is 8.24. The van der Waals surface area contributed by atoms with Gasteiger partial charge in [0.2, 0.25) is 5.91 Å². The van der Waals surface area contributed by atoms with Crippen LogP contribution in [0, 0.1) is 0 Å². The third-order valence-corrected chi connectivity index (χ3v) is 5.89. The molecule has 27 heavy (non-hydrogen) atoms. The summed E-state index contributed by atoms with van der Waals surface area (Å²) in [5, 5.41) is 0.608. The van der Waals surface area contributed by atoms with Crippen molar-refractivity contribution in [3.05, 3.63) is 62.5 Å². The minimum Gasteiger partial charge on any atom is -0.274 e. The molecule has 0 bridgehead atoms. The zero-order valence-corrected chi connectivity index (χ0v) is 17.0.